The molecule has 1 unspecified atom stereocenters. The first-order valence-electron chi connectivity index (χ1n) is 4.12. The maximum absolute atomic E-state index is 5.35. The first kappa shape index (κ1) is 10.5. The molecule has 0 aromatic heterocycles. The summed E-state index contributed by atoms with van der Waals surface area (Å²) in [6, 6.07) is 0.406. The Balaban J connectivity index is 3.46. The van der Waals surface area contributed by atoms with Gasteiger partial charge in [-0.15, -0.1) is 12.3 Å². The number of hydrazine groups is 1. The van der Waals surface area contributed by atoms with Gasteiger partial charge in [0.1, 0.15) is 0 Å². The fourth-order valence-corrected chi connectivity index (χ4v) is 1.03. The van der Waals surface area contributed by atoms with Gasteiger partial charge >= 0.3 is 0 Å². The molecule has 0 aromatic rings. The van der Waals surface area contributed by atoms with Crippen molar-refractivity contribution in [1.29, 1.82) is 0 Å². The van der Waals surface area contributed by atoms with Crippen LogP contribution in [0.15, 0.2) is 0 Å². The average Bonchev–Trinajstić information content (AvgIpc) is 1.97. The third-order valence-corrected chi connectivity index (χ3v) is 1.86. The Morgan fingerprint density at radius 1 is 1.55 bits per heavy atom. The molecule has 0 aliphatic heterocycles. The zero-order chi connectivity index (χ0) is 8.69. The third kappa shape index (κ3) is 4.83. The molecule has 0 rings (SSSR count). The molecule has 0 aliphatic carbocycles. The number of nitrogens with two attached hydrogens (primary N) is 1. The lowest BCUT2D eigenvalue weighted by atomic mass is 9.99. The Kier molecular flexibility index (Phi) is 5.91. The van der Waals surface area contributed by atoms with E-state index in [1.165, 1.54) is 0 Å². The van der Waals surface area contributed by atoms with Crippen LogP contribution in [0.5, 0.6) is 0 Å². The lowest BCUT2D eigenvalue weighted by Crippen LogP contribution is -2.38. The Morgan fingerprint density at radius 2 is 2.18 bits per heavy atom. The van der Waals surface area contributed by atoms with Crippen molar-refractivity contribution in [2.75, 3.05) is 0 Å². The van der Waals surface area contributed by atoms with Crippen molar-refractivity contribution in [1.82, 2.24) is 5.43 Å². The van der Waals surface area contributed by atoms with Crippen LogP contribution in [0.3, 0.4) is 0 Å². The van der Waals surface area contributed by atoms with Gasteiger partial charge in [0.2, 0.25) is 0 Å². The number of unbranched alkanes of at least 4 members (excludes halogenated alkanes) is 1. The van der Waals surface area contributed by atoms with Crippen molar-refractivity contribution in [3.8, 4) is 12.3 Å². The Labute approximate surface area is 69.5 Å². The van der Waals surface area contributed by atoms with Crippen LogP contribution in [-0.2, 0) is 0 Å². The van der Waals surface area contributed by atoms with E-state index in [2.05, 4.69) is 25.2 Å². The molecule has 0 spiro atoms. The van der Waals surface area contributed by atoms with E-state index < -0.39 is 0 Å². The number of rotatable bonds is 5. The molecule has 0 heterocycles. The zero-order valence-corrected chi connectivity index (χ0v) is 7.43. The van der Waals surface area contributed by atoms with Gasteiger partial charge in [-0.3, -0.25) is 11.3 Å². The summed E-state index contributed by atoms with van der Waals surface area (Å²) < 4.78 is 0. The fraction of sp³-hybridized carbons (Fsp3) is 0.778. The molecule has 0 radical (unpaired) electrons. The van der Waals surface area contributed by atoms with Crippen molar-refractivity contribution in [3.63, 3.8) is 0 Å². The van der Waals surface area contributed by atoms with Gasteiger partial charge in [-0.25, -0.2) is 0 Å². The molecule has 0 amide bonds. The zero-order valence-electron chi connectivity index (χ0n) is 7.43. The molecule has 11 heavy (non-hydrogen) atoms. The molecule has 3 N–H and O–H groups in total. The minimum Gasteiger partial charge on any atom is -0.271 e. The van der Waals surface area contributed by atoms with E-state index in [0.29, 0.717) is 12.0 Å². The first-order valence-corrected chi connectivity index (χ1v) is 4.12. The quantitative estimate of drug-likeness (QED) is 0.271. The molecular formula is C9H18N2. The van der Waals surface area contributed by atoms with Crippen LogP contribution in [0.1, 0.15) is 33.1 Å². The van der Waals surface area contributed by atoms with Gasteiger partial charge in [0.25, 0.3) is 0 Å². The summed E-state index contributed by atoms with van der Waals surface area (Å²) >= 11 is 0. The Bertz CT molecular complexity index is 124. The topological polar surface area (TPSA) is 38.0 Å². The van der Waals surface area contributed by atoms with E-state index >= 15 is 0 Å². The second-order valence-electron chi connectivity index (χ2n) is 3.11. The van der Waals surface area contributed by atoms with Crippen LogP contribution < -0.4 is 11.3 Å². The van der Waals surface area contributed by atoms with E-state index in [1.54, 1.807) is 0 Å². The Morgan fingerprint density at radius 3 is 2.55 bits per heavy atom. The predicted molar refractivity (Wildman–Crippen MR) is 48.6 cm³/mol. The molecule has 0 saturated carbocycles. The first-order chi connectivity index (χ1) is 5.22. The van der Waals surface area contributed by atoms with Gasteiger partial charge in [0.15, 0.2) is 0 Å². The smallest absolute Gasteiger partial charge is 0.0233 e. The molecule has 0 saturated heterocycles. The van der Waals surface area contributed by atoms with Crippen LogP contribution >= 0.6 is 0 Å². The second-order valence-corrected chi connectivity index (χ2v) is 3.11. The van der Waals surface area contributed by atoms with Gasteiger partial charge in [0, 0.05) is 12.5 Å². The summed E-state index contributed by atoms with van der Waals surface area (Å²) in [7, 11) is 0. The maximum Gasteiger partial charge on any atom is 0.0233 e. The summed E-state index contributed by atoms with van der Waals surface area (Å²) in [5, 5.41) is 0. The number of terminal acetylenes is 1. The average molecular weight is 154 g/mol. The van der Waals surface area contributed by atoms with E-state index in [0.717, 1.165) is 19.3 Å². The van der Waals surface area contributed by atoms with E-state index in [1.807, 2.05) is 0 Å². The number of hydrogen-bond acceptors (Lipinski definition) is 2. The van der Waals surface area contributed by atoms with Crippen molar-refractivity contribution in [3.05, 3.63) is 0 Å². The van der Waals surface area contributed by atoms with Crippen LogP contribution in [0.4, 0.5) is 0 Å². The fourth-order valence-electron chi connectivity index (χ4n) is 1.03. The molecule has 2 heteroatoms. The van der Waals surface area contributed by atoms with Gasteiger partial charge in [-0.2, -0.15) is 0 Å². The predicted octanol–water partition coefficient (Wildman–Crippen LogP) is 1.28. The normalized spacial score (nSPS) is 13.0. The van der Waals surface area contributed by atoms with Crippen LogP contribution in [0, 0.1) is 18.3 Å². The summed E-state index contributed by atoms with van der Waals surface area (Å²) in [5.41, 5.74) is 2.79. The van der Waals surface area contributed by atoms with Crippen LogP contribution in [-0.4, -0.2) is 6.04 Å². The van der Waals surface area contributed by atoms with Crippen LogP contribution in [0.25, 0.3) is 0 Å². The van der Waals surface area contributed by atoms with Gasteiger partial charge in [-0.1, -0.05) is 13.8 Å². The standard InChI is InChI=1S/C9H18N2/c1-4-5-6-7-9(11-10)8(2)3/h1,8-9,11H,5-7,10H2,2-3H3. The lowest BCUT2D eigenvalue weighted by Gasteiger charge is -2.18. The third-order valence-electron chi connectivity index (χ3n) is 1.86. The monoisotopic (exact) mass is 154 g/mol. The minimum atomic E-state index is 0.406. The lowest BCUT2D eigenvalue weighted by molar-refractivity contribution is 0.377. The largest absolute Gasteiger partial charge is 0.271 e. The summed E-state index contributed by atoms with van der Waals surface area (Å²) in [5.74, 6) is 8.55. The molecule has 64 valence electrons. The van der Waals surface area contributed by atoms with E-state index in [4.69, 9.17) is 12.3 Å². The molecule has 2 nitrogen and oxygen atoms in total. The Hall–Kier alpha value is -0.520. The molecular weight excluding hydrogens is 136 g/mol. The van der Waals surface area contributed by atoms with Gasteiger partial charge < -0.3 is 0 Å². The van der Waals surface area contributed by atoms with Gasteiger partial charge in [0.05, 0.1) is 0 Å². The van der Waals surface area contributed by atoms with Crippen molar-refractivity contribution < 1.29 is 0 Å². The number of hydrogen-bond donors (Lipinski definition) is 2. The SMILES string of the molecule is C#CCCCC(NN)C(C)C. The highest BCUT2D eigenvalue weighted by atomic mass is 15.2. The molecule has 0 aromatic carbocycles. The molecule has 0 fully saturated rings. The molecule has 1 atom stereocenters. The molecule has 0 aliphatic rings. The minimum absolute atomic E-state index is 0.406. The maximum atomic E-state index is 5.35. The highest BCUT2D eigenvalue weighted by Gasteiger charge is 2.09. The summed E-state index contributed by atoms with van der Waals surface area (Å²) in [4.78, 5) is 0. The number of nitrogens with one attached hydrogen (secondary N) is 1. The van der Waals surface area contributed by atoms with Crippen molar-refractivity contribution in [2.24, 2.45) is 11.8 Å². The second kappa shape index (κ2) is 6.21. The van der Waals surface area contributed by atoms with E-state index in [9.17, 15) is 0 Å². The highest BCUT2D eigenvalue weighted by molar-refractivity contribution is 4.83. The van der Waals surface area contributed by atoms with E-state index in [-0.39, 0.29) is 0 Å². The summed E-state index contributed by atoms with van der Waals surface area (Å²) in [6.45, 7) is 4.31. The van der Waals surface area contributed by atoms with Crippen molar-refractivity contribution in [2.45, 2.75) is 39.2 Å². The van der Waals surface area contributed by atoms with Gasteiger partial charge in [-0.05, 0) is 18.8 Å². The van der Waals surface area contributed by atoms with Crippen molar-refractivity contribution >= 4 is 0 Å². The highest BCUT2D eigenvalue weighted by Crippen LogP contribution is 2.08. The van der Waals surface area contributed by atoms with Crippen LogP contribution in [0.2, 0.25) is 0 Å². The molecule has 0 bridgehead atoms. The summed E-state index contributed by atoms with van der Waals surface area (Å²) in [6.07, 6.45) is 8.11.